The molecule has 2 N–H and O–H groups in total. The lowest BCUT2D eigenvalue weighted by Gasteiger charge is -2.31. The van der Waals surface area contributed by atoms with E-state index in [1.165, 1.54) is 11.0 Å². The molecule has 0 aromatic rings. The van der Waals surface area contributed by atoms with Crippen molar-refractivity contribution in [3.63, 3.8) is 0 Å². The van der Waals surface area contributed by atoms with Crippen molar-refractivity contribution in [2.75, 3.05) is 13.2 Å². The van der Waals surface area contributed by atoms with Crippen LogP contribution in [0, 0.1) is 0 Å². The number of carboxylic acid groups (broad SMARTS) is 1. The molecule has 0 unspecified atom stereocenters. The molecule has 2 bridgehead atoms. The van der Waals surface area contributed by atoms with E-state index in [-0.39, 0.29) is 19.6 Å². The number of piperidine rings is 1. The Balaban J connectivity index is 2.17. The average Bonchev–Trinajstić information content (AvgIpc) is 2.56. The van der Waals surface area contributed by atoms with Crippen molar-refractivity contribution in [2.24, 2.45) is 0 Å². The number of aliphatic hydroxyl groups excluding tert-OH is 1. The molecule has 2 rings (SSSR count). The van der Waals surface area contributed by atoms with Crippen molar-refractivity contribution in [1.82, 2.24) is 9.96 Å². The molecule has 0 saturated carbocycles. The molecule has 2 fully saturated rings. The van der Waals surface area contributed by atoms with Gasteiger partial charge in [-0.2, -0.15) is 5.06 Å². The van der Waals surface area contributed by atoms with Gasteiger partial charge in [0.25, 0.3) is 0 Å². The van der Waals surface area contributed by atoms with Crippen molar-refractivity contribution in [3.8, 4) is 0 Å². The zero-order valence-electron chi connectivity index (χ0n) is 9.15. The third kappa shape index (κ3) is 1.87. The van der Waals surface area contributed by atoms with Crippen LogP contribution >= 0.6 is 0 Å². The van der Waals surface area contributed by atoms with E-state index in [4.69, 9.17) is 9.94 Å². The first kappa shape index (κ1) is 11.9. The Hall–Kier alpha value is -1.60. The van der Waals surface area contributed by atoms with Crippen LogP contribution in [0.15, 0.2) is 12.7 Å². The molecule has 2 aliphatic heterocycles. The maximum Gasteiger partial charge on any atom is 0.345 e. The quantitative estimate of drug-likeness (QED) is 0.644. The van der Waals surface area contributed by atoms with E-state index in [1.54, 1.807) is 0 Å². The normalized spacial score (nSPS) is 31.8. The fourth-order valence-corrected chi connectivity index (χ4v) is 2.19. The van der Waals surface area contributed by atoms with Crippen molar-refractivity contribution in [3.05, 3.63) is 12.7 Å². The molecular weight excluding hydrogens is 228 g/mol. The monoisotopic (exact) mass is 242 g/mol. The number of hydrogen-bond acceptors (Lipinski definition) is 4. The molecule has 0 aliphatic carbocycles. The van der Waals surface area contributed by atoms with Crippen molar-refractivity contribution in [1.29, 1.82) is 0 Å². The number of carbonyl (C=O) groups is 2. The molecule has 0 spiro atoms. The summed E-state index contributed by atoms with van der Waals surface area (Å²) in [4.78, 5) is 29.2. The highest BCUT2D eigenvalue weighted by atomic mass is 16.7. The third-order valence-electron chi connectivity index (χ3n) is 3.02. The van der Waals surface area contributed by atoms with Gasteiger partial charge in [0.2, 0.25) is 0 Å². The fourth-order valence-electron chi connectivity index (χ4n) is 2.19. The summed E-state index contributed by atoms with van der Waals surface area (Å²) < 4.78 is 0. The molecule has 3 atom stereocenters. The number of fused-ring (bicyclic) bond motifs is 2. The summed E-state index contributed by atoms with van der Waals surface area (Å²) in [5.41, 5.74) is 0. The van der Waals surface area contributed by atoms with Gasteiger partial charge >= 0.3 is 12.0 Å². The predicted octanol–water partition coefficient (Wildman–Crippen LogP) is -0.572. The summed E-state index contributed by atoms with van der Waals surface area (Å²) in [6.07, 6.45) is 0.620. The second-order valence-electron chi connectivity index (χ2n) is 4.07. The Labute approximate surface area is 97.8 Å². The molecule has 17 heavy (non-hydrogen) atoms. The zero-order valence-corrected chi connectivity index (χ0v) is 9.15. The van der Waals surface area contributed by atoms with Gasteiger partial charge in [-0.1, -0.05) is 6.08 Å². The van der Waals surface area contributed by atoms with Crippen LogP contribution in [-0.2, 0) is 9.63 Å². The van der Waals surface area contributed by atoms with Crippen LogP contribution in [0.3, 0.4) is 0 Å². The van der Waals surface area contributed by atoms with E-state index in [2.05, 4.69) is 6.58 Å². The van der Waals surface area contributed by atoms with Gasteiger partial charge in [-0.15, -0.1) is 6.58 Å². The smallest absolute Gasteiger partial charge is 0.345 e. The van der Waals surface area contributed by atoms with Crippen LogP contribution < -0.4 is 0 Å². The van der Waals surface area contributed by atoms with Gasteiger partial charge < -0.3 is 15.1 Å². The van der Waals surface area contributed by atoms with E-state index in [0.717, 1.165) is 5.06 Å². The largest absolute Gasteiger partial charge is 0.480 e. The van der Waals surface area contributed by atoms with Gasteiger partial charge in [0.15, 0.2) is 0 Å². The van der Waals surface area contributed by atoms with Crippen molar-refractivity contribution < 1.29 is 24.6 Å². The Morgan fingerprint density at radius 2 is 2.35 bits per heavy atom. The van der Waals surface area contributed by atoms with Gasteiger partial charge in [0.1, 0.15) is 12.1 Å². The summed E-state index contributed by atoms with van der Waals surface area (Å²) in [5.74, 6) is -1.11. The molecule has 2 aliphatic rings. The van der Waals surface area contributed by atoms with E-state index >= 15 is 0 Å². The Kier molecular flexibility index (Phi) is 3.03. The van der Waals surface area contributed by atoms with Crippen molar-refractivity contribution >= 4 is 12.0 Å². The zero-order chi connectivity index (χ0) is 12.6. The number of carbonyl (C=O) groups excluding carboxylic acids is 1. The molecule has 2 heterocycles. The first-order valence-electron chi connectivity index (χ1n) is 5.30. The lowest BCUT2D eigenvalue weighted by Crippen LogP contribution is -2.50. The number of urea groups is 1. The second-order valence-corrected chi connectivity index (χ2v) is 4.07. The number of carboxylic acids is 1. The maximum absolute atomic E-state index is 11.9. The molecule has 0 radical (unpaired) electrons. The van der Waals surface area contributed by atoms with Crippen LogP contribution in [0.5, 0.6) is 0 Å². The summed E-state index contributed by atoms with van der Waals surface area (Å²) in [7, 11) is 0. The first-order chi connectivity index (χ1) is 8.06. The lowest BCUT2D eigenvalue weighted by molar-refractivity contribution is -0.148. The van der Waals surface area contributed by atoms with Crippen LogP contribution in [0.4, 0.5) is 4.79 Å². The highest BCUT2D eigenvalue weighted by molar-refractivity contribution is 5.84. The summed E-state index contributed by atoms with van der Waals surface area (Å²) in [5, 5.41) is 19.8. The van der Waals surface area contributed by atoms with Gasteiger partial charge in [0.05, 0.1) is 12.7 Å². The number of aliphatic hydroxyl groups is 1. The minimum absolute atomic E-state index is 0.0275. The summed E-state index contributed by atoms with van der Waals surface area (Å²) in [6.45, 7) is 3.78. The minimum Gasteiger partial charge on any atom is -0.480 e. The van der Waals surface area contributed by atoms with Gasteiger partial charge in [0, 0.05) is 13.0 Å². The van der Waals surface area contributed by atoms with E-state index in [1.807, 2.05) is 0 Å². The van der Waals surface area contributed by atoms with Gasteiger partial charge in [-0.25, -0.2) is 9.59 Å². The number of hydroxylamine groups is 2. The molecule has 94 valence electrons. The second kappa shape index (κ2) is 4.34. The number of amides is 2. The van der Waals surface area contributed by atoms with Gasteiger partial charge in [-0.3, -0.25) is 4.84 Å². The highest BCUT2D eigenvalue weighted by Gasteiger charge is 2.52. The molecule has 7 nitrogen and oxygen atoms in total. The summed E-state index contributed by atoms with van der Waals surface area (Å²) >= 11 is 0. The molecule has 2 saturated heterocycles. The van der Waals surface area contributed by atoms with Crippen molar-refractivity contribution in [2.45, 2.75) is 24.6 Å². The van der Waals surface area contributed by atoms with Crippen LogP contribution in [-0.4, -0.2) is 63.5 Å². The Bertz CT molecular complexity index is 359. The number of nitrogens with zero attached hydrogens (tertiary/aromatic N) is 2. The minimum atomic E-state index is -1.11. The SMILES string of the molecule is C=CCON1C(=O)N2C[C@H]1[C@@H](O)C[C@H]2C(=O)O. The fraction of sp³-hybridized carbons (Fsp3) is 0.600. The highest BCUT2D eigenvalue weighted by Crippen LogP contribution is 2.30. The predicted molar refractivity (Wildman–Crippen MR) is 55.9 cm³/mol. The lowest BCUT2D eigenvalue weighted by atomic mass is 9.98. The van der Waals surface area contributed by atoms with E-state index in [9.17, 15) is 14.7 Å². The molecule has 0 aromatic carbocycles. The standard InChI is InChI=1S/C10H14N2O5/c1-2-3-17-12-7-5-11(10(12)16)6(9(14)15)4-8(7)13/h2,6-8,13H,1,3-5H2,(H,14,15)/t6-,7-,8-/m0/s1. The number of hydrogen-bond donors (Lipinski definition) is 2. The third-order valence-corrected chi connectivity index (χ3v) is 3.02. The van der Waals surface area contributed by atoms with Crippen LogP contribution in [0.25, 0.3) is 0 Å². The Morgan fingerprint density at radius 3 is 2.94 bits per heavy atom. The molecule has 7 heteroatoms. The van der Waals surface area contributed by atoms with E-state index in [0.29, 0.717) is 0 Å². The molecular formula is C10H14N2O5. The molecule has 2 amide bonds. The average molecular weight is 242 g/mol. The van der Waals surface area contributed by atoms with Gasteiger partial charge in [-0.05, 0) is 0 Å². The molecule has 0 aromatic heterocycles. The maximum atomic E-state index is 11.9. The topological polar surface area (TPSA) is 90.3 Å². The summed E-state index contributed by atoms with van der Waals surface area (Å²) in [6, 6.07) is -2.00. The van der Waals surface area contributed by atoms with Crippen LogP contribution in [0.2, 0.25) is 0 Å². The number of rotatable bonds is 4. The number of aliphatic carboxylic acids is 1. The first-order valence-corrected chi connectivity index (χ1v) is 5.30. The van der Waals surface area contributed by atoms with E-state index < -0.39 is 30.2 Å². The van der Waals surface area contributed by atoms with Crippen LogP contribution in [0.1, 0.15) is 6.42 Å². The Morgan fingerprint density at radius 1 is 1.65 bits per heavy atom.